The molecule has 1 rings (SSSR count). The van der Waals surface area contributed by atoms with Crippen molar-refractivity contribution in [1.29, 1.82) is 0 Å². The number of anilines is 1. The van der Waals surface area contributed by atoms with Crippen LogP contribution in [0.1, 0.15) is 25.3 Å². The molecule has 0 saturated heterocycles. The van der Waals surface area contributed by atoms with Crippen molar-refractivity contribution in [2.45, 2.75) is 26.2 Å². The molecule has 0 saturated carbocycles. The summed E-state index contributed by atoms with van der Waals surface area (Å²) in [5.74, 6) is -1.17. The highest BCUT2D eigenvalue weighted by Crippen LogP contribution is 2.13. The first-order valence-electron chi connectivity index (χ1n) is 5.74. The number of rotatable bonds is 7. The van der Waals surface area contributed by atoms with E-state index in [1.165, 1.54) is 0 Å². The van der Waals surface area contributed by atoms with E-state index in [2.05, 4.69) is 4.72 Å². The summed E-state index contributed by atoms with van der Waals surface area (Å²) >= 11 is 0. The third-order valence-corrected chi connectivity index (χ3v) is 3.79. The molecule has 2 N–H and O–H groups in total. The molecule has 0 bridgehead atoms. The second-order valence-corrected chi connectivity index (χ2v) is 5.81. The van der Waals surface area contributed by atoms with E-state index < -0.39 is 16.0 Å². The molecule has 5 nitrogen and oxygen atoms in total. The maximum absolute atomic E-state index is 11.7. The first-order chi connectivity index (χ1) is 8.43. The molecule has 100 valence electrons. The van der Waals surface area contributed by atoms with Crippen molar-refractivity contribution in [1.82, 2.24) is 0 Å². The molecular weight excluding hydrogens is 254 g/mol. The normalized spacial score (nSPS) is 11.2. The first-order valence-corrected chi connectivity index (χ1v) is 7.39. The maximum atomic E-state index is 11.7. The molecule has 0 unspecified atom stereocenters. The van der Waals surface area contributed by atoms with Crippen LogP contribution in [0.15, 0.2) is 24.3 Å². The third-order valence-electron chi connectivity index (χ3n) is 2.41. The summed E-state index contributed by atoms with van der Waals surface area (Å²) in [6, 6.07) is 7.15. The Hall–Kier alpha value is -1.56. The summed E-state index contributed by atoms with van der Waals surface area (Å²) in [5, 5.41) is 8.45. The average molecular weight is 271 g/mol. The van der Waals surface area contributed by atoms with Crippen LogP contribution < -0.4 is 4.72 Å². The van der Waals surface area contributed by atoms with Gasteiger partial charge in [0.2, 0.25) is 10.0 Å². The minimum atomic E-state index is -3.47. The number of hydrogen-bond donors (Lipinski definition) is 2. The Morgan fingerprint density at radius 2 is 2.11 bits per heavy atom. The second-order valence-electron chi connectivity index (χ2n) is 3.97. The topological polar surface area (TPSA) is 83.5 Å². The molecule has 0 aromatic heterocycles. The van der Waals surface area contributed by atoms with Crippen LogP contribution in [-0.2, 0) is 21.2 Å². The number of aliphatic carboxylic acids is 1. The number of aryl methyl sites for hydroxylation is 1. The molecule has 0 heterocycles. The number of carbonyl (C=O) groups is 1. The van der Waals surface area contributed by atoms with Crippen molar-refractivity contribution < 1.29 is 18.3 Å². The van der Waals surface area contributed by atoms with Gasteiger partial charge in [0.15, 0.2) is 0 Å². The minimum Gasteiger partial charge on any atom is -0.481 e. The fourth-order valence-electron chi connectivity index (χ4n) is 1.50. The molecule has 1 aromatic carbocycles. The lowest BCUT2D eigenvalue weighted by Crippen LogP contribution is -2.17. The molecule has 18 heavy (non-hydrogen) atoms. The number of benzene rings is 1. The largest absolute Gasteiger partial charge is 0.481 e. The third kappa shape index (κ3) is 5.18. The molecule has 0 spiro atoms. The first kappa shape index (κ1) is 14.5. The van der Waals surface area contributed by atoms with Crippen LogP contribution in [0.2, 0.25) is 0 Å². The predicted octanol–water partition coefficient (Wildman–Crippen LogP) is 1.86. The number of hydrogen-bond acceptors (Lipinski definition) is 3. The lowest BCUT2D eigenvalue weighted by molar-refractivity contribution is -0.137. The molecule has 0 amide bonds. The van der Waals surface area contributed by atoms with Gasteiger partial charge in [-0.15, -0.1) is 0 Å². The van der Waals surface area contributed by atoms with E-state index in [0.29, 0.717) is 5.69 Å². The highest BCUT2D eigenvalue weighted by molar-refractivity contribution is 7.92. The standard InChI is InChI=1S/C12H17NO4S/c1-2-10-5-3-6-11(9-10)13-18(16,17)8-4-7-12(14)15/h3,5-6,9,13H,2,4,7-8H2,1H3,(H,14,15). The fraction of sp³-hybridized carbons (Fsp3) is 0.417. The van der Waals surface area contributed by atoms with E-state index in [0.717, 1.165) is 12.0 Å². The van der Waals surface area contributed by atoms with Crippen LogP contribution in [-0.4, -0.2) is 25.2 Å². The Morgan fingerprint density at radius 3 is 2.72 bits per heavy atom. The van der Waals surface area contributed by atoms with E-state index in [1.807, 2.05) is 13.0 Å². The van der Waals surface area contributed by atoms with Gasteiger partial charge in [0.05, 0.1) is 5.75 Å². The number of sulfonamides is 1. The Labute approximate surface area is 107 Å². The van der Waals surface area contributed by atoms with E-state index >= 15 is 0 Å². The van der Waals surface area contributed by atoms with Crippen LogP contribution >= 0.6 is 0 Å². The molecular formula is C12H17NO4S. The summed E-state index contributed by atoms with van der Waals surface area (Å²) in [6.07, 6.45) is 0.794. The zero-order valence-corrected chi connectivity index (χ0v) is 11.0. The summed E-state index contributed by atoms with van der Waals surface area (Å²) in [4.78, 5) is 10.3. The van der Waals surface area contributed by atoms with Crippen molar-refractivity contribution >= 4 is 21.7 Å². The second kappa shape index (κ2) is 6.39. The molecule has 0 aliphatic rings. The predicted molar refractivity (Wildman–Crippen MR) is 70.1 cm³/mol. The van der Waals surface area contributed by atoms with Crippen molar-refractivity contribution in [3.8, 4) is 0 Å². The zero-order valence-electron chi connectivity index (χ0n) is 10.2. The van der Waals surface area contributed by atoms with Gasteiger partial charge >= 0.3 is 5.97 Å². The summed E-state index contributed by atoms with van der Waals surface area (Å²) in [7, 11) is -3.47. The fourth-order valence-corrected chi connectivity index (χ4v) is 2.61. The Morgan fingerprint density at radius 1 is 1.39 bits per heavy atom. The van der Waals surface area contributed by atoms with E-state index in [1.54, 1.807) is 18.2 Å². The minimum absolute atomic E-state index is 0.109. The Bertz CT molecular complexity index is 511. The molecule has 0 fully saturated rings. The molecule has 0 atom stereocenters. The van der Waals surface area contributed by atoms with Crippen LogP contribution in [0.25, 0.3) is 0 Å². The molecule has 0 radical (unpaired) electrons. The summed E-state index contributed by atoms with van der Waals surface area (Å²) in [6.45, 7) is 1.99. The van der Waals surface area contributed by atoms with Crippen molar-refractivity contribution in [2.75, 3.05) is 10.5 Å². The van der Waals surface area contributed by atoms with Gasteiger partial charge in [0.25, 0.3) is 0 Å². The van der Waals surface area contributed by atoms with Gasteiger partial charge in [0.1, 0.15) is 0 Å². The SMILES string of the molecule is CCc1cccc(NS(=O)(=O)CCCC(=O)O)c1. The van der Waals surface area contributed by atoms with E-state index in [4.69, 9.17) is 5.11 Å². The van der Waals surface area contributed by atoms with E-state index in [-0.39, 0.29) is 18.6 Å². The lowest BCUT2D eigenvalue weighted by Gasteiger charge is -2.08. The Kier molecular flexibility index (Phi) is 5.15. The quantitative estimate of drug-likeness (QED) is 0.792. The number of nitrogens with one attached hydrogen (secondary N) is 1. The zero-order chi connectivity index (χ0) is 13.6. The maximum Gasteiger partial charge on any atom is 0.303 e. The van der Waals surface area contributed by atoms with E-state index in [9.17, 15) is 13.2 Å². The van der Waals surface area contributed by atoms with Crippen molar-refractivity contribution in [3.05, 3.63) is 29.8 Å². The van der Waals surface area contributed by atoms with Gasteiger partial charge in [-0.2, -0.15) is 0 Å². The average Bonchev–Trinajstić information content (AvgIpc) is 2.27. The molecule has 0 aliphatic heterocycles. The highest BCUT2D eigenvalue weighted by Gasteiger charge is 2.11. The van der Waals surface area contributed by atoms with Crippen LogP contribution in [0, 0.1) is 0 Å². The van der Waals surface area contributed by atoms with Gasteiger partial charge < -0.3 is 5.11 Å². The van der Waals surface area contributed by atoms with Crippen LogP contribution in [0.5, 0.6) is 0 Å². The number of carboxylic acids is 1. The van der Waals surface area contributed by atoms with Gasteiger partial charge in [-0.25, -0.2) is 8.42 Å². The smallest absolute Gasteiger partial charge is 0.303 e. The summed E-state index contributed by atoms with van der Waals surface area (Å²) < 4.78 is 25.8. The summed E-state index contributed by atoms with van der Waals surface area (Å²) in [5.41, 5.74) is 1.56. The monoisotopic (exact) mass is 271 g/mol. The molecule has 0 aliphatic carbocycles. The van der Waals surface area contributed by atoms with Gasteiger partial charge in [-0.1, -0.05) is 19.1 Å². The highest BCUT2D eigenvalue weighted by atomic mass is 32.2. The number of carboxylic acid groups (broad SMARTS) is 1. The Balaban J connectivity index is 2.61. The van der Waals surface area contributed by atoms with Gasteiger partial charge in [-0.3, -0.25) is 9.52 Å². The van der Waals surface area contributed by atoms with Gasteiger partial charge in [0, 0.05) is 12.1 Å². The van der Waals surface area contributed by atoms with Crippen molar-refractivity contribution in [3.63, 3.8) is 0 Å². The lowest BCUT2D eigenvalue weighted by atomic mass is 10.1. The van der Waals surface area contributed by atoms with Gasteiger partial charge in [-0.05, 0) is 30.5 Å². The van der Waals surface area contributed by atoms with Crippen LogP contribution in [0.3, 0.4) is 0 Å². The molecule has 1 aromatic rings. The van der Waals surface area contributed by atoms with Crippen molar-refractivity contribution in [2.24, 2.45) is 0 Å². The molecule has 6 heteroatoms. The van der Waals surface area contributed by atoms with Crippen LogP contribution in [0.4, 0.5) is 5.69 Å².